The number of amides is 2. The molecule has 21 heavy (non-hydrogen) atoms. The van der Waals surface area contributed by atoms with Crippen LogP contribution in [-0.2, 0) is 4.79 Å². The van der Waals surface area contributed by atoms with Crippen LogP contribution in [0.25, 0.3) is 0 Å². The van der Waals surface area contributed by atoms with Crippen molar-refractivity contribution in [1.82, 2.24) is 15.5 Å². The Morgan fingerprint density at radius 2 is 2.33 bits per heavy atom. The van der Waals surface area contributed by atoms with Crippen LogP contribution in [0.5, 0.6) is 0 Å². The first kappa shape index (κ1) is 16.5. The van der Waals surface area contributed by atoms with E-state index >= 15 is 0 Å². The number of hydrogen-bond acceptors (Lipinski definition) is 4. The lowest BCUT2D eigenvalue weighted by Crippen LogP contribution is -2.38. The maximum absolute atomic E-state index is 12.1. The summed E-state index contributed by atoms with van der Waals surface area (Å²) in [5.74, 6) is 0.432. The molecular weight excluding hydrogens is 354 g/mol. The van der Waals surface area contributed by atoms with Crippen LogP contribution in [0.3, 0.4) is 0 Å². The number of rotatable bonds is 6. The molecule has 1 atom stereocenters. The minimum absolute atomic E-state index is 0.0945. The average Bonchev–Trinajstić information content (AvgIpc) is 3.09. The summed E-state index contributed by atoms with van der Waals surface area (Å²) in [7, 11) is 1.65. The first-order chi connectivity index (χ1) is 10.1. The molecule has 2 amide bonds. The molecule has 1 fully saturated rings. The van der Waals surface area contributed by atoms with Crippen LogP contribution < -0.4 is 10.6 Å². The molecule has 2 N–H and O–H groups in total. The van der Waals surface area contributed by atoms with Gasteiger partial charge in [0.1, 0.15) is 0 Å². The van der Waals surface area contributed by atoms with Gasteiger partial charge < -0.3 is 15.5 Å². The van der Waals surface area contributed by atoms with Crippen LogP contribution >= 0.6 is 27.3 Å². The summed E-state index contributed by atoms with van der Waals surface area (Å²) < 4.78 is 0.911. The molecule has 5 nitrogen and oxygen atoms in total. The van der Waals surface area contributed by atoms with Gasteiger partial charge in [-0.3, -0.25) is 9.59 Å². The van der Waals surface area contributed by atoms with Gasteiger partial charge in [0.25, 0.3) is 5.91 Å². The predicted molar refractivity (Wildman–Crippen MR) is 87.6 cm³/mol. The van der Waals surface area contributed by atoms with Gasteiger partial charge >= 0.3 is 0 Å². The van der Waals surface area contributed by atoms with Crippen molar-refractivity contribution in [1.29, 1.82) is 0 Å². The Hall–Kier alpha value is -0.920. The van der Waals surface area contributed by atoms with Crippen LogP contribution in [-0.4, -0.2) is 49.9 Å². The highest BCUT2D eigenvalue weighted by atomic mass is 79.9. The van der Waals surface area contributed by atoms with Crippen molar-refractivity contribution in [3.8, 4) is 0 Å². The summed E-state index contributed by atoms with van der Waals surface area (Å²) in [6, 6.07) is 3.60. The topological polar surface area (TPSA) is 61.4 Å². The molecule has 1 aromatic rings. The third-order valence-electron chi connectivity index (χ3n) is 3.55. The minimum atomic E-state index is -0.124. The maximum atomic E-state index is 12.1. The highest BCUT2D eigenvalue weighted by molar-refractivity contribution is 9.11. The molecule has 116 valence electrons. The monoisotopic (exact) mass is 373 g/mol. The van der Waals surface area contributed by atoms with Crippen LogP contribution in [0.2, 0.25) is 0 Å². The fourth-order valence-corrected chi connectivity index (χ4v) is 3.72. The van der Waals surface area contributed by atoms with Gasteiger partial charge in [0.2, 0.25) is 5.91 Å². The first-order valence-electron chi connectivity index (χ1n) is 7.04. The Kier molecular flexibility index (Phi) is 6.20. The summed E-state index contributed by atoms with van der Waals surface area (Å²) in [6.45, 7) is 2.89. The number of carbonyl (C=O) groups excluding carboxylic acids is 2. The summed E-state index contributed by atoms with van der Waals surface area (Å²) in [5.41, 5.74) is 0. The van der Waals surface area contributed by atoms with E-state index in [0.29, 0.717) is 17.3 Å². The molecule has 2 heterocycles. The lowest BCUT2D eigenvalue weighted by Gasteiger charge is -2.16. The van der Waals surface area contributed by atoms with E-state index in [1.807, 2.05) is 6.07 Å². The Morgan fingerprint density at radius 3 is 2.95 bits per heavy atom. The molecule has 1 aliphatic heterocycles. The minimum Gasteiger partial charge on any atom is -0.355 e. The molecular formula is C14H20BrN3O2S. The zero-order valence-corrected chi connectivity index (χ0v) is 14.4. The number of hydrogen-bond donors (Lipinski definition) is 2. The number of halogens is 1. The standard InChI is InChI=1S/C14H20BrN3O2S/c1-18(14(20)11-2-3-12(15)21-11)9-13(19)17-7-5-10-4-6-16-8-10/h2-3,10,16H,4-9H2,1H3,(H,17,19). The second kappa shape index (κ2) is 7.91. The molecule has 0 saturated carbocycles. The van der Waals surface area contributed by atoms with Crippen LogP contribution in [0, 0.1) is 5.92 Å². The highest BCUT2D eigenvalue weighted by Crippen LogP contribution is 2.22. The SMILES string of the molecule is CN(CC(=O)NCCC1CCNC1)C(=O)c1ccc(Br)s1. The Balaban J connectivity index is 1.70. The highest BCUT2D eigenvalue weighted by Gasteiger charge is 2.17. The first-order valence-corrected chi connectivity index (χ1v) is 8.65. The van der Waals surface area contributed by atoms with E-state index in [1.54, 1.807) is 13.1 Å². The summed E-state index contributed by atoms with van der Waals surface area (Å²) in [5, 5.41) is 6.20. The molecule has 0 spiro atoms. The Labute approximate surface area is 137 Å². The van der Waals surface area contributed by atoms with E-state index < -0.39 is 0 Å². The van der Waals surface area contributed by atoms with Gasteiger partial charge in [0.05, 0.1) is 15.2 Å². The number of nitrogens with zero attached hydrogens (tertiary/aromatic N) is 1. The number of carbonyl (C=O) groups is 2. The molecule has 1 unspecified atom stereocenters. The van der Waals surface area contributed by atoms with E-state index in [-0.39, 0.29) is 18.4 Å². The lowest BCUT2D eigenvalue weighted by molar-refractivity contribution is -0.121. The third kappa shape index (κ3) is 5.09. The van der Waals surface area contributed by atoms with Gasteiger partial charge in [-0.15, -0.1) is 11.3 Å². The zero-order chi connectivity index (χ0) is 15.2. The van der Waals surface area contributed by atoms with E-state index in [0.717, 1.165) is 23.3 Å². The summed E-state index contributed by atoms with van der Waals surface area (Å²) in [4.78, 5) is 26.0. The maximum Gasteiger partial charge on any atom is 0.264 e. The molecule has 1 saturated heterocycles. The van der Waals surface area contributed by atoms with Gasteiger partial charge in [-0.1, -0.05) is 0 Å². The fourth-order valence-electron chi connectivity index (χ4n) is 2.34. The molecule has 1 aromatic heterocycles. The number of nitrogens with one attached hydrogen (secondary N) is 2. The van der Waals surface area contributed by atoms with E-state index in [1.165, 1.54) is 22.7 Å². The normalized spacial score (nSPS) is 17.7. The van der Waals surface area contributed by atoms with Crippen molar-refractivity contribution in [3.05, 3.63) is 20.8 Å². The second-order valence-electron chi connectivity index (χ2n) is 5.26. The Morgan fingerprint density at radius 1 is 1.52 bits per heavy atom. The third-order valence-corrected chi connectivity index (χ3v) is 5.16. The van der Waals surface area contributed by atoms with E-state index in [9.17, 15) is 9.59 Å². The molecule has 1 aliphatic rings. The van der Waals surface area contributed by atoms with Crippen molar-refractivity contribution in [3.63, 3.8) is 0 Å². The van der Waals surface area contributed by atoms with E-state index in [2.05, 4.69) is 26.6 Å². The molecule has 0 aliphatic carbocycles. The van der Waals surface area contributed by atoms with Gasteiger partial charge in [-0.2, -0.15) is 0 Å². The van der Waals surface area contributed by atoms with Gasteiger partial charge in [-0.05, 0) is 59.9 Å². The zero-order valence-electron chi connectivity index (χ0n) is 12.0. The molecule has 2 rings (SSSR count). The van der Waals surface area contributed by atoms with Crippen LogP contribution in [0.15, 0.2) is 15.9 Å². The van der Waals surface area contributed by atoms with Crippen LogP contribution in [0.4, 0.5) is 0 Å². The van der Waals surface area contributed by atoms with Crippen molar-refractivity contribution >= 4 is 39.1 Å². The second-order valence-corrected chi connectivity index (χ2v) is 7.73. The van der Waals surface area contributed by atoms with Crippen molar-refractivity contribution in [2.24, 2.45) is 5.92 Å². The van der Waals surface area contributed by atoms with Gasteiger partial charge in [0.15, 0.2) is 0 Å². The Bertz CT molecular complexity index is 500. The largest absolute Gasteiger partial charge is 0.355 e. The number of likely N-dealkylation sites (N-methyl/N-ethyl adjacent to an activating group) is 1. The quantitative estimate of drug-likeness (QED) is 0.797. The average molecular weight is 374 g/mol. The lowest BCUT2D eigenvalue weighted by atomic mass is 10.1. The summed E-state index contributed by atoms with van der Waals surface area (Å²) in [6.07, 6.45) is 2.18. The smallest absolute Gasteiger partial charge is 0.264 e. The van der Waals surface area contributed by atoms with E-state index in [4.69, 9.17) is 0 Å². The van der Waals surface area contributed by atoms with Crippen molar-refractivity contribution in [2.75, 3.05) is 33.2 Å². The van der Waals surface area contributed by atoms with Crippen LogP contribution in [0.1, 0.15) is 22.5 Å². The van der Waals surface area contributed by atoms with Gasteiger partial charge in [-0.25, -0.2) is 0 Å². The fraction of sp³-hybridized carbons (Fsp3) is 0.571. The molecule has 0 bridgehead atoms. The van der Waals surface area contributed by atoms with Gasteiger partial charge in [0, 0.05) is 13.6 Å². The molecule has 0 aromatic carbocycles. The predicted octanol–water partition coefficient (Wildman–Crippen LogP) is 1.70. The number of thiophene rings is 1. The van der Waals surface area contributed by atoms with Crippen molar-refractivity contribution < 1.29 is 9.59 Å². The van der Waals surface area contributed by atoms with Crippen molar-refractivity contribution in [2.45, 2.75) is 12.8 Å². The molecule has 0 radical (unpaired) electrons. The molecule has 7 heteroatoms. The summed E-state index contributed by atoms with van der Waals surface area (Å²) >= 11 is 4.70.